The zero-order valence-electron chi connectivity index (χ0n) is 12.2. The molecule has 2 rings (SSSR count). The normalized spacial score (nSPS) is 10.0. The van der Waals surface area contributed by atoms with Gasteiger partial charge < -0.3 is 5.11 Å². The van der Waals surface area contributed by atoms with Gasteiger partial charge in [-0.25, -0.2) is 13.5 Å². The van der Waals surface area contributed by atoms with Crippen molar-refractivity contribution in [3.05, 3.63) is 63.1 Å². The first-order valence-corrected chi connectivity index (χ1v) is 6.63. The number of hydrogen-bond donors (Lipinski definition) is 1. The van der Waals surface area contributed by atoms with Gasteiger partial charge in [-0.05, 0) is 30.7 Å². The zero-order valence-corrected chi connectivity index (χ0v) is 12.2. The number of aryl methyl sites for hydroxylation is 1. The first-order chi connectivity index (χ1) is 10.0. The lowest BCUT2D eigenvalue weighted by molar-refractivity contribution is 0.278. The lowest BCUT2D eigenvalue weighted by Gasteiger charge is -2.08. The standard InChI is InChI=1S/C13H12F2N2O2.C2H6/c1-8-4-10(7-18)13(19)17(16-8)6-9-2-3-11(14)12(15)5-9;1-2/h2-5,18H,6-7H2,1H3;1-2H3. The minimum absolute atomic E-state index is 0.0186. The predicted octanol–water partition coefficient (Wildman–Crippen LogP) is 2.40. The van der Waals surface area contributed by atoms with Crippen LogP contribution in [-0.2, 0) is 13.2 Å². The zero-order chi connectivity index (χ0) is 16.0. The van der Waals surface area contributed by atoms with E-state index < -0.39 is 17.2 Å². The Hall–Kier alpha value is -2.08. The average Bonchev–Trinajstić information content (AvgIpc) is 2.48. The highest BCUT2D eigenvalue weighted by molar-refractivity contribution is 5.19. The molecule has 1 N–H and O–H groups in total. The topological polar surface area (TPSA) is 55.1 Å². The molecule has 4 nitrogen and oxygen atoms in total. The number of benzene rings is 1. The van der Waals surface area contributed by atoms with Gasteiger partial charge in [-0.1, -0.05) is 19.9 Å². The highest BCUT2D eigenvalue weighted by Crippen LogP contribution is 2.09. The predicted molar refractivity (Wildman–Crippen MR) is 76.0 cm³/mol. The molecule has 0 amide bonds. The van der Waals surface area contributed by atoms with Crippen LogP contribution in [0.15, 0.2) is 29.1 Å². The molecule has 0 aliphatic carbocycles. The first kappa shape index (κ1) is 17.0. The number of rotatable bonds is 3. The van der Waals surface area contributed by atoms with Crippen molar-refractivity contribution in [2.75, 3.05) is 0 Å². The maximum atomic E-state index is 13.1. The van der Waals surface area contributed by atoms with Crippen LogP contribution >= 0.6 is 0 Å². The van der Waals surface area contributed by atoms with Crippen LogP contribution in [0.2, 0.25) is 0 Å². The fraction of sp³-hybridized carbons (Fsp3) is 0.333. The Kier molecular flexibility index (Phi) is 6.17. The number of nitrogens with zero attached hydrogens (tertiary/aromatic N) is 2. The molecule has 0 saturated heterocycles. The summed E-state index contributed by atoms with van der Waals surface area (Å²) in [6.07, 6.45) is 0. The van der Waals surface area contributed by atoms with E-state index in [-0.39, 0.29) is 18.7 Å². The van der Waals surface area contributed by atoms with Gasteiger partial charge in [-0.3, -0.25) is 4.79 Å². The van der Waals surface area contributed by atoms with Crippen molar-refractivity contribution >= 4 is 0 Å². The number of hydrogen-bond acceptors (Lipinski definition) is 3. The largest absolute Gasteiger partial charge is 0.391 e. The number of aromatic nitrogens is 2. The third kappa shape index (κ3) is 4.19. The summed E-state index contributed by atoms with van der Waals surface area (Å²) < 4.78 is 27.0. The quantitative estimate of drug-likeness (QED) is 0.946. The van der Waals surface area contributed by atoms with Crippen LogP contribution in [0.25, 0.3) is 0 Å². The fourth-order valence-electron chi connectivity index (χ4n) is 1.78. The molecule has 1 heterocycles. The van der Waals surface area contributed by atoms with Crippen molar-refractivity contribution in [2.45, 2.75) is 33.9 Å². The van der Waals surface area contributed by atoms with Crippen LogP contribution < -0.4 is 5.56 Å². The van der Waals surface area contributed by atoms with Gasteiger partial charge in [0.1, 0.15) is 0 Å². The number of aliphatic hydroxyl groups is 1. The molecule has 2 aromatic rings. The van der Waals surface area contributed by atoms with Gasteiger partial charge in [0.05, 0.1) is 18.8 Å². The number of aliphatic hydroxyl groups excluding tert-OH is 1. The Balaban J connectivity index is 0.00000106. The average molecular weight is 296 g/mol. The van der Waals surface area contributed by atoms with Crippen molar-refractivity contribution < 1.29 is 13.9 Å². The molecule has 0 unspecified atom stereocenters. The Morgan fingerprint density at radius 3 is 2.43 bits per heavy atom. The van der Waals surface area contributed by atoms with E-state index in [1.54, 1.807) is 6.92 Å². The molecular formula is C15H18F2N2O2. The highest BCUT2D eigenvalue weighted by Gasteiger charge is 2.08. The van der Waals surface area contributed by atoms with Crippen molar-refractivity contribution in [1.29, 1.82) is 0 Å². The smallest absolute Gasteiger partial charge is 0.272 e. The molecule has 0 aliphatic rings. The molecule has 6 heteroatoms. The summed E-state index contributed by atoms with van der Waals surface area (Å²) in [6, 6.07) is 4.89. The van der Waals surface area contributed by atoms with E-state index in [0.29, 0.717) is 11.3 Å². The fourth-order valence-corrected chi connectivity index (χ4v) is 1.78. The Bertz CT molecular complexity index is 669. The molecule has 0 fully saturated rings. The molecule has 0 atom stereocenters. The Labute approximate surface area is 121 Å². The summed E-state index contributed by atoms with van der Waals surface area (Å²) in [5.41, 5.74) is 0.752. The van der Waals surface area contributed by atoms with E-state index in [0.717, 1.165) is 16.8 Å². The van der Waals surface area contributed by atoms with Gasteiger partial charge >= 0.3 is 0 Å². The second-order valence-electron chi connectivity index (χ2n) is 4.18. The summed E-state index contributed by atoms with van der Waals surface area (Å²) in [7, 11) is 0. The third-order valence-electron chi connectivity index (χ3n) is 2.66. The second kappa shape index (κ2) is 7.64. The molecule has 1 aromatic heterocycles. The minimum atomic E-state index is -0.972. The maximum absolute atomic E-state index is 13.1. The van der Waals surface area contributed by atoms with Gasteiger partial charge in [0.25, 0.3) is 5.56 Å². The van der Waals surface area contributed by atoms with Crippen LogP contribution in [-0.4, -0.2) is 14.9 Å². The van der Waals surface area contributed by atoms with E-state index >= 15 is 0 Å². The summed E-state index contributed by atoms with van der Waals surface area (Å²) in [4.78, 5) is 11.9. The van der Waals surface area contributed by atoms with Crippen LogP contribution in [0.3, 0.4) is 0 Å². The van der Waals surface area contributed by atoms with E-state index in [1.807, 2.05) is 13.8 Å². The van der Waals surface area contributed by atoms with Crippen molar-refractivity contribution in [3.8, 4) is 0 Å². The van der Waals surface area contributed by atoms with Crippen molar-refractivity contribution in [1.82, 2.24) is 9.78 Å². The molecule has 1 aromatic carbocycles. The van der Waals surface area contributed by atoms with Gasteiger partial charge in [0.15, 0.2) is 11.6 Å². The van der Waals surface area contributed by atoms with E-state index in [9.17, 15) is 13.6 Å². The summed E-state index contributed by atoms with van der Waals surface area (Å²) in [5, 5.41) is 13.1. The molecule has 0 aliphatic heterocycles. The van der Waals surface area contributed by atoms with Crippen molar-refractivity contribution in [3.63, 3.8) is 0 Å². The summed E-state index contributed by atoms with van der Waals surface area (Å²) in [6.45, 7) is 5.31. The Morgan fingerprint density at radius 2 is 1.86 bits per heavy atom. The Morgan fingerprint density at radius 1 is 1.19 bits per heavy atom. The van der Waals surface area contributed by atoms with Crippen molar-refractivity contribution in [2.24, 2.45) is 0 Å². The van der Waals surface area contributed by atoms with Crippen LogP contribution in [0, 0.1) is 18.6 Å². The lowest BCUT2D eigenvalue weighted by Crippen LogP contribution is -2.27. The van der Waals surface area contributed by atoms with E-state index in [4.69, 9.17) is 5.11 Å². The number of halogens is 2. The second-order valence-corrected chi connectivity index (χ2v) is 4.18. The van der Waals surface area contributed by atoms with Gasteiger partial charge in [0.2, 0.25) is 0 Å². The van der Waals surface area contributed by atoms with E-state index in [1.165, 1.54) is 12.1 Å². The van der Waals surface area contributed by atoms with Gasteiger partial charge in [0, 0.05) is 5.56 Å². The lowest BCUT2D eigenvalue weighted by atomic mass is 10.2. The first-order valence-electron chi connectivity index (χ1n) is 6.63. The van der Waals surface area contributed by atoms with Crippen LogP contribution in [0.5, 0.6) is 0 Å². The van der Waals surface area contributed by atoms with Gasteiger partial charge in [-0.2, -0.15) is 5.10 Å². The van der Waals surface area contributed by atoms with Crippen LogP contribution in [0.1, 0.15) is 30.7 Å². The molecule has 0 radical (unpaired) electrons. The molecular weight excluding hydrogens is 278 g/mol. The molecule has 0 bridgehead atoms. The molecule has 0 saturated carbocycles. The minimum Gasteiger partial charge on any atom is -0.391 e. The van der Waals surface area contributed by atoms with Gasteiger partial charge in [-0.15, -0.1) is 0 Å². The third-order valence-corrected chi connectivity index (χ3v) is 2.66. The summed E-state index contributed by atoms with van der Waals surface area (Å²) in [5.74, 6) is -1.91. The maximum Gasteiger partial charge on any atom is 0.272 e. The molecule has 0 spiro atoms. The SMILES string of the molecule is CC.Cc1cc(CO)c(=O)n(Cc2ccc(F)c(F)c2)n1. The monoisotopic (exact) mass is 296 g/mol. The molecule has 21 heavy (non-hydrogen) atoms. The summed E-state index contributed by atoms with van der Waals surface area (Å²) >= 11 is 0. The van der Waals surface area contributed by atoms with E-state index in [2.05, 4.69) is 5.10 Å². The molecule has 114 valence electrons. The highest BCUT2D eigenvalue weighted by atomic mass is 19.2. The van der Waals surface area contributed by atoms with Crippen LogP contribution in [0.4, 0.5) is 8.78 Å².